The third-order valence-electron chi connectivity index (χ3n) is 4.81. The maximum atomic E-state index is 12.6. The lowest BCUT2D eigenvalue weighted by molar-refractivity contribution is -0.177. The van der Waals surface area contributed by atoms with Crippen molar-refractivity contribution in [3.8, 4) is 11.5 Å². The number of ether oxygens (including phenoxy) is 1. The molecular weight excluding hydrogens is 344 g/mol. The quantitative estimate of drug-likeness (QED) is 0.878. The molecule has 2 aromatic rings. The van der Waals surface area contributed by atoms with E-state index in [2.05, 4.69) is 15.5 Å². The first-order valence-corrected chi connectivity index (χ1v) is 8.43. The minimum atomic E-state index is -0.484. The number of likely N-dealkylation sites (tertiary alicyclic amines) is 1. The summed E-state index contributed by atoms with van der Waals surface area (Å²) in [6, 6.07) is 6.82. The molecule has 0 radical (unpaired) electrons. The molecule has 2 heterocycles. The van der Waals surface area contributed by atoms with Gasteiger partial charge in [0.15, 0.2) is 0 Å². The molecule has 0 bridgehead atoms. The number of methoxy groups -OCH3 is 1. The Hall–Kier alpha value is -2.12. The highest BCUT2D eigenvalue weighted by Gasteiger charge is 2.49. The van der Waals surface area contributed by atoms with E-state index in [4.69, 9.17) is 20.8 Å². The molecule has 1 saturated heterocycles. The molecule has 3 rings (SSSR count). The summed E-state index contributed by atoms with van der Waals surface area (Å²) in [5.41, 5.74) is 0.470. The molecule has 0 aliphatic carbocycles. The Morgan fingerprint density at radius 1 is 1.44 bits per heavy atom. The fraction of sp³-hybridized carbons (Fsp3) is 0.471. The maximum Gasteiger partial charge on any atom is 0.316 e. The average Bonchev–Trinajstić information content (AvgIpc) is 3.07. The van der Waals surface area contributed by atoms with Gasteiger partial charge in [-0.05, 0) is 45.0 Å². The Kier molecular flexibility index (Phi) is 4.71. The molecule has 3 atom stereocenters. The van der Waals surface area contributed by atoms with Crippen LogP contribution in [0.1, 0.15) is 20.8 Å². The first kappa shape index (κ1) is 17.7. The van der Waals surface area contributed by atoms with Crippen LogP contribution in [0.25, 0.3) is 11.5 Å². The Balaban J connectivity index is 1.63. The Labute approximate surface area is 151 Å². The predicted octanol–water partition coefficient (Wildman–Crippen LogP) is 2.83. The zero-order chi connectivity index (χ0) is 18.2. The van der Waals surface area contributed by atoms with Crippen molar-refractivity contribution in [3.63, 3.8) is 0 Å². The van der Waals surface area contributed by atoms with Crippen molar-refractivity contribution in [3.05, 3.63) is 29.3 Å². The number of rotatable bonds is 5. The second-order valence-corrected chi connectivity index (χ2v) is 6.88. The van der Waals surface area contributed by atoms with Crippen LogP contribution in [0.3, 0.4) is 0 Å². The largest absolute Gasteiger partial charge is 0.403 e. The molecule has 0 saturated carbocycles. The highest BCUT2D eigenvalue weighted by atomic mass is 35.5. The molecule has 8 heteroatoms. The van der Waals surface area contributed by atoms with E-state index in [0.717, 1.165) is 5.56 Å². The van der Waals surface area contributed by atoms with E-state index < -0.39 is 6.04 Å². The standard InChI is InChI=1S/C17H21ClN4O3/c1-10(15(23)22-9-17(3,24-4)11(22)2)19-16-21-20-14(25-16)12-5-7-13(18)8-6-12/h5-8,10-11H,9H2,1-4H3,(H,19,21)/t10-,11+,17+/m1/s1. The van der Waals surface area contributed by atoms with Crippen molar-refractivity contribution in [1.82, 2.24) is 15.1 Å². The zero-order valence-electron chi connectivity index (χ0n) is 14.6. The summed E-state index contributed by atoms with van der Waals surface area (Å²) in [6.07, 6.45) is 0. The summed E-state index contributed by atoms with van der Waals surface area (Å²) in [5, 5.41) is 11.5. The van der Waals surface area contributed by atoms with Crippen LogP contribution in [0.2, 0.25) is 5.02 Å². The van der Waals surface area contributed by atoms with Gasteiger partial charge in [-0.15, -0.1) is 5.10 Å². The normalized spacial score (nSPS) is 23.9. The van der Waals surface area contributed by atoms with Crippen LogP contribution in [0.15, 0.2) is 28.7 Å². The summed E-state index contributed by atoms with van der Waals surface area (Å²) >= 11 is 5.87. The van der Waals surface area contributed by atoms with E-state index in [1.165, 1.54) is 0 Å². The molecular formula is C17H21ClN4O3. The van der Waals surface area contributed by atoms with E-state index >= 15 is 0 Å². The molecule has 1 N–H and O–H groups in total. The third kappa shape index (κ3) is 3.34. The van der Waals surface area contributed by atoms with Gasteiger partial charge >= 0.3 is 6.01 Å². The number of carbonyl (C=O) groups excluding carboxylic acids is 1. The van der Waals surface area contributed by atoms with Crippen LogP contribution in [-0.4, -0.2) is 52.3 Å². The molecule has 0 unspecified atom stereocenters. The number of hydrogen-bond acceptors (Lipinski definition) is 6. The second-order valence-electron chi connectivity index (χ2n) is 6.44. The van der Waals surface area contributed by atoms with Gasteiger partial charge in [0, 0.05) is 17.7 Å². The van der Waals surface area contributed by atoms with E-state index in [9.17, 15) is 4.79 Å². The fourth-order valence-corrected chi connectivity index (χ4v) is 2.94. The van der Waals surface area contributed by atoms with Crippen LogP contribution in [-0.2, 0) is 9.53 Å². The van der Waals surface area contributed by atoms with Gasteiger partial charge in [0.1, 0.15) is 11.6 Å². The summed E-state index contributed by atoms with van der Waals surface area (Å²) in [6.45, 7) is 6.30. The SMILES string of the molecule is CO[C@@]1(C)CN(C(=O)[C@@H](C)Nc2nnc(-c3ccc(Cl)cc3)o2)[C@H]1C. The van der Waals surface area contributed by atoms with Gasteiger partial charge in [0.05, 0.1) is 12.6 Å². The number of amides is 1. The van der Waals surface area contributed by atoms with Crippen molar-refractivity contribution in [2.24, 2.45) is 0 Å². The monoisotopic (exact) mass is 364 g/mol. The molecule has 25 heavy (non-hydrogen) atoms. The van der Waals surface area contributed by atoms with Gasteiger partial charge in [0.2, 0.25) is 11.8 Å². The van der Waals surface area contributed by atoms with Crippen molar-refractivity contribution in [1.29, 1.82) is 0 Å². The van der Waals surface area contributed by atoms with Crippen LogP contribution < -0.4 is 5.32 Å². The number of anilines is 1. The molecule has 1 aromatic heterocycles. The maximum absolute atomic E-state index is 12.6. The smallest absolute Gasteiger partial charge is 0.316 e. The number of hydrogen-bond donors (Lipinski definition) is 1. The lowest BCUT2D eigenvalue weighted by atomic mass is 9.85. The molecule has 7 nitrogen and oxygen atoms in total. The molecule has 1 fully saturated rings. The summed E-state index contributed by atoms with van der Waals surface area (Å²) < 4.78 is 11.0. The van der Waals surface area contributed by atoms with Gasteiger partial charge in [-0.3, -0.25) is 4.79 Å². The van der Waals surface area contributed by atoms with Crippen molar-refractivity contribution in [2.45, 2.75) is 38.5 Å². The Bertz CT molecular complexity index is 764. The molecule has 1 aromatic carbocycles. The third-order valence-corrected chi connectivity index (χ3v) is 5.06. The lowest BCUT2D eigenvalue weighted by Crippen LogP contribution is -2.70. The molecule has 1 aliphatic heterocycles. The summed E-state index contributed by atoms with van der Waals surface area (Å²) in [7, 11) is 1.66. The number of halogens is 1. The lowest BCUT2D eigenvalue weighted by Gasteiger charge is -2.53. The van der Waals surface area contributed by atoms with E-state index in [1.54, 1.807) is 43.2 Å². The van der Waals surface area contributed by atoms with Crippen molar-refractivity contribution in [2.75, 3.05) is 19.0 Å². The van der Waals surface area contributed by atoms with Gasteiger partial charge in [-0.1, -0.05) is 16.7 Å². The van der Waals surface area contributed by atoms with Gasteiger partial charge in [-0.2, -0.15) is 0 Å². The van der Waals surface area contributed by atoms with Crippen molar-refractivity contribution >= 4 is 23.5 Å². The molecule has 134 valence electrons. The van der Waals surface area contributed by atoms with Crippen LogP contribution in [0.4, 0.5) is 6.01 Å². The Morgan fingerprint density at radius 3 is 2.72 bits per heavy atom. The molecule has 0 spiro atoms. The number of nitrogens with zero attached hydrogens (tertiary/aromatic N) is 3. The topological polar surface area (TPSA) is 80.5 Å². The van der Waals surface area contributed by atoms with Crippen LogP contribution in [0.5, 0.6) is 0 Å². The minimum Gasteiger partial charge on any atom is -0.403 e. The van der Waals surface area contributed by atoms with Gasteiger partial charge in [0.25, 0.3) is 0 Å². The predicted molar refractivity (Wildman–Crippen MR) is 94.4 cm³/mol. The summed E-state index contributed by atoms with van der Waals surface area (Å²) in [5.74, 6) is 0.330. The number of aromatic nitrogens is 2. The first-order chi connectivity index (χ1) is 11.8. The molecule has 1 aliphatic rings. The van der Waals surface area contributed by atoms with Crippen LogP contribution in [0, 0.1) is 0 Å². The van der Waals surface area contributed by atoms with E-state index in [0.29, 0.717) is 17.5 Å². The van der Waals surface area contributed by atoms with E-state index in [-0.39, 0.29) is 23.6 Å². The zero-order valence-corrected chi connectivity index (χ0v) is 15.4. The Morgan fingerprint density at radius 2 is 2.12 bits per heavy atom. The number of benzene rings is 1. The number of carbonyl (C=O) groups is 1. The second kappa shape index (κ2) is 6.65. The van der Waals surface area contributed by atoms with Gasteiger partial charge < -0.3 is 19.4 Å². The minimum absolute atomic E-state index is 0.0153. The molecule has 1 amide bonds. The highest BCUT2D eigenvalue weighted by Crippen LogP contribution is 2.32. The van der Waals surface area contributed by atoms with Gasteiger partial charge in [-0.25, -0.2) is 0 Å². The average molecular weight is 365 g/mol. The fourth-order valence-electron chi connectivity index (χ4n) is 2.81. The number of nitrogens with one attached hydrogen (secondary N) is 1. The van der Waals surface area contributed by atoms with Crippen LogP contribution >= 0.6 is 11.6 Å². The van der Waals surface area contributed by atoms with Crippen molar-refractivity contribution < 1.29 is 13.9 Å². The first-order valence-electron chi connectivity index (χ1n) is 8.05. The van der Waals surface area contributed by atoms with E-state index in [1.807, 2.05) is 13.8 Å². The highest BCUT2D eigenvalue weighted by molar-refractivity contribution is 6.30. The summed E-state index contributed by atoms with van der Waals surface area (Å²) in [4.78, 5) is 14.3.